The van der Waals surface area contributed by atoms with Gasteiger partial charge >= 0.3 is 6.03 Å². The van der Waals surface area contributed by atoms with Gasteiger partial charge in [-0.1, -0.05) is 60.2 Å². The second kappa shape index (κ2) is 10.5. The van der Waals surface area contributed by atoms with Crippen LogP contribution in [0.1, 0.15) is 45.7 Å². The van der Waals surface area contributed by atoms with Gasteiger partial charge in [0.1, 0.15) is 17.8 Å². The lowest BCUT2D eigenvalue weighted by atomic mass is 9.88. The Kier molecular flexibility index (Phi) is 6.46. The van der Waals surface area contributed by atoms with Crippen molar-refractivity contribution in [1.29, 1.82) is 0 Å². The lowest BCUT2D eigenvalue weighted by molar-refractivity contribution is -0.120. The molecule has 3 heterocycles. The molecule has 214 valence electrons. The van der Waals surface area contributed by atoms with E-state index < -0.39 is 24.0 Å². The third-order valence-electron chi connectivity index (χ3n) is 8.25. The Morgan fingerprint density at radius 1 is 0.930 bits per heavy atom. The number of anilines is 2. The summed E-state index contributed by atoms with van der Waals surface area (Å²) in [5.74, 6) is -0.0672. The largest absolute Gasteiger partial charge is 0.494 e. The maximum atomic E-state index is 14.3. The summed E-state index contributed by atoms with van der Waals surface area (Å²) in [6.45, 7) is 4.46. The minimum absolute atomic E-state index is 0.230. The first kappa shape index (κ1) is 26.5. The third kappa shape index (κ3) is 4.43. The Labute approximate surface area is 248 Å². The number of aromatic amines is 1. The minimum atomic E-state index is -0.715. The number of amides is 4. The standard InChI is InChI=1S/C35H30N4O4/c1-3-43-24-18-16-23(17-19-24)36-33(40)26-9-5-7-11-29(26)39-34(41)30-20-27-25-8-4-6-10-28(25)37-31(27)32(38(30)35(39)42)22-14-12-21(2)13-15-22/h4-19,30,32,37H,3,20H2,1-2H3,(H,36,40)/t30-,32+/m0/s1. The number of para-hydroxylation sites is 2. The number of fused-ring (bicyclic) bond motifs is 4. The average Bonchev–Trinajstić information content (AvgIpc) is 3.51. The molecule has 7 rings (SSSR count). The van der Waals surface area contributed by atoms with Gasteiger partial charge in [0.05, 0.1) is 17.9 Å². The van der Waals surface area contributed by atoms with Crippen molar-refractivity contribution in [2.24, 2.45) is 0 Å². The summed E-state index contributed by atoms with van der Waals surface area (Å²) in [6, 6.07) is 28.2. The maximum absolute atomic E-state index is 14.3. The van der Waals surface area contributed by atoms with Gasteiger partial charge in [-0.15, -0.1) is 0 Å². The highest BCUT2D eigenvalue weighted by Gasteiger charge is 2.53. The van der Waals surface area contributed by atoms with Gasteiger partial charge in [-0.25, -0.2) is 9.69 Å². The van der Waals surface area contributed by atoms with Crippen LogP contribution < -0.4 is 15.0 Å². The number of carbonyl (C=O) groups is 3. The number of rotatable bonds is 6. The number of hydrogen-bond donors (Lipinski definition) is 2. The van der Waals surface area contributed by atoms with E-state index >= 15 is 0 Å². The van der Waals surface area contributed by atoms with E-state index in [-0.39, 0.29) is 17.2 Å². The molecule has 8 heteroatoms. The number of carbonyl (C=O) groups excluding carboxylic acids is 3. The molecule has 2 aliphatic rings. The number of hydrogen-bond acceptors (Lipinski definition) is 4. The fourth-order valence-electron chi connectivity index (χ4n) is 6.25. The molecule has 0 saturated carbocycles. The lowest BCUT2D eigenvalue weighted by Crippen LogP contribution is -2.44. The first-order valence-corrected chi connectivity index (χ1v) is 14.4. The van der Waals surface area contributed by atoms with Crippen LogP contribution in [0.3, 0.4) is 0 Å². The second-order valence-electron chi connectivity index (χ2n) is 10.9. The minimum Gasteiger partial charge on any atom is -0.494 e. The molecular formula is C35H30N4O4. The van der Waals surface area contributed by atoms with Crippen molar-refractivity contribution < 1.29 is 19.1 Å². The second-order valence-corrected chi connectivity index (χ2v) is 10.9. The van der Waals surface area contributed by atoms with Crippen molar-refractivity contribution in [1.82, 2.24) is 9.88 Å². The van der Waals surface area contributed by atoms with Gasteiger partial charge in [0.2, 0.25) is 0 Å². The predicted octanol–water partition coefficient (Wildman–Crippen LogP) is 6.61. The van der Waals surface area contributed by atoms with Crippen LogP contribution in [0.25, 0.3) is 10.9 Å². The Bertz CT molecular complexity index is 1880. The fourth-order valence-corrected chi connectivity index (χ4v) is 6.25. The third-order valence-corrected chi connectivity index (χ3v) is 8.25. The molecule has 43 heavy (non-hydrogen) atoms. The molecule has 0 radical (unpaired) electrons. The SMILES string of the molecule is CCOc1ccc(NC(=O)c2ccccc2N2C(=O)[C@@H]3Cc4c([nH]c5ccccc45)[C@@H](c4ccc(C)cc4)N3C2=O)cc1. The van der Waals surface area contributed by atoms with Crippen LogP contribution in [-0.4, -0.2) is 40.4 Å². The Balaban J connectivity index is 1.27. The number of H-pyrrole nitrogens is 1. The van der Waals surface area contributed by atoms with Crippen LogP contribution in [0.5, 0.6) is 5.75 Å². The van der Waals surface area contributed by atoms with Crippen molar-refractivity contribution in [3.63, 3.8) is 0 Å². The van der Waals surface area contributed by atoms with Crippen LogP contribution in [0, 0.1) is 6.92 Å². The zero-order valence-corrected chi connectivity index (χ0v) is 23.8. The molecule has 0 bridgehead atoms. The van der Waals surface area contributed by atoms with Crippen molar-refractivity contribution in [3.8, 4) is 5.75 Å². The van der Waals surface area contributed by atoms with Gasteiger partial charge in [-0.3, -0.25) is 14.5 Å². The van der Waals surface area contributed by atoms with Crippen LogP contribution >= 0.6 is 0 Å². The molecule has 0 spiro atoms. The smallest absolute Gasteiger partial charge is 0.332 e. The van der Waals surface area contributed by atoms with Crippen molar-refractivity contribution in [3.05, 3.63) is 125 Å². The molecule has 4 aromatic carbocycles. The van der Waals surface area contributed by atoms with Gasteiger partial charge in [0.15, 0.2) is 0 Å². The van der Waals surface area contributed by atoms with Gasteiger partial charge in [0, 0.05) is 28.7 Å². The summed E-state index contributed by atoms with van der Waals surface area (Å²) in [5, 5.41) is 3.94. The number of ether oxygens (including phenoxy) is 1. The highest BCUT2D eigenvalue weighted by atomic mass is 16.5. The van der Waals surface area contributed by atoms with Gasteiger partial charge in [-0.2, -0.15) is 0 Å². The Hall–Kier alpha value is -5.37. The highest BCUT2D eigenvalue weighted by Crippen LogP contribution is 2.45. The van der Waals surface area contributed by atoms with E-state index in [9.17, 15) is 14.4 Å². The number of aromatic nitrogens is 1. The van der Waals surface area contributed by atoms with Gasteiger partial charge in [0.25, 0.3) is 11.8 Å². The molecule has 5 aromatic rings. The van der Waals surface area contributed by atoms with Gasteiger partial charge < -0.3 is 15.0 Å². The molecule has 1 fully saturated rings. The molecule has 2 aliphatic heterocycles. The topological polar surface area (TPSA) is 94.7 Å². The summed E-state index contributed by atoms with van der Waals surface area (Å²) in [5.41, 5.74) is 5.99. The Morgan fingerprint density at radius 2 is 1.65 bits per heavy atom. The van der Waals surface area contributed by atoms with E-state index in [1.165, 1.54) is 4.90 Å². The summed E-state index contributed by atoms with van der Waals surface area (Å²) < 4.78 is 5.49. The van der Waals surface area contributed by atoms with Gasteiger partial charge in [-0.05, 0) is 67.4 Å². The fraction of sp³-hybridized carbons (Fsp3) is 0.171. The number of urea groups is 1. The first-order chi connectivity index (χ1) is 20.9. The number of aryl methyl sites for hydroxylation is 1. The quantitative estimate of drug-likeness (QED) is 0.225. The maximum Gasteiger partial charge on any atom is 0.332 e. The van der Waals surface area contributed by atoms with E-state index in [1.807, 2.05) is 62.4 Å². The van der Waals surface area contributed by atoms with Crippen LogP contribution in [-0.2, 0) is 11.2 Å². The molecule has 2 N–H and O–H groups in total. The van der Waals surface area contributed by atoms with E-state index in [0.29, 0.717) is 24.5 Å². The number of nitrogens with one attached hydrogen (secondary N) is 2. The van der Waals surface area contributed by atoms with Crippen LogP contribution in [0.15, 0.2) is 97.1 Å². The van der Waals surface area contributed by atoms with E-state index in [4.69, 9.17) is 4.74 Å². The van der Waals surface area contributed by atoms with Crippen LogP contribution in [0.4, 0.5) is 16.2 Å². The zero-order chi connectivity index (χ0) is 29.7. The molecular weight excluding hydrogens is 540 g/mol. The van der Waals surface area contributed by atoms with Crippen molar-refractivity contribution in [2.75, 3.05) is 16.8 Å². The lowest BCUT2D eigenvalue weighted by Gasteiger charge is -2.36. The zero-order valence-electron chi connectivity index (χ0n) is 23.8. The predicted molar refractivity (Wildman–Crippen MR) is 166 cm³/mol. The Morgan fingerprint density at radius 3 is 2.42 bits per heavy atom. The molecule has 1 aromatic heterocycles. The molecule has 4 amide bonds. The molecule has 1 saturated heterocycles. The monoisotopic (exact) mass is 570 g/mol. The number of imide groups is 1. The number of nitrogens with zero attached hydrogens (tertiary/aromatic N) is 2. The number of benzene rings is 4. The summed E-state index contributed by atoms with van der Waals surface area (Å²) >= 11 is 0. The van der Waals surface area contributed by atoms with E-state index in [1.54, 1.807) is 53.4 Å². The van der Waals surface area contributed by atoms with Crippen LogP contribution in [0.2, 0.25) is 0 Å². The van der Waals surface area contributed by atoms with E-state index in [2.05, 4.69) is 10.3 Å². The highest BCUT2D eigenvalue weighted by molar-refractivity contribution is 6.24. The average molecular weight is 571 g/mol. The molecule has 8 nitrogen and oxygen atoms in total. The molecule has 0 unspecified atom stereocenters. The summed E-state index contributed by atoms with van der Waals surface area (Å²) in [7, 11) is 0. The normalized spacial score (nSPS) is 17.6. The van der Waals surface area contributed by atoms with E-state index in [0.717, 1.165) is 33.3 Å². The van der Waals surface area contributed by atoms with Crippen molar-refractivity contribution >= 4 is 40.1 Å². The first-order valence-electron chi connectivity index (χ1n) is 14.4. The summed E-state index contributed by atoms with van der Waals surface area (Å²) in [4.78, 5) is 48.4. The van der Waals surface area contributed by atoms with Crippen molar-refractivity contribution in [2.45, 2.75) is 32.4 Å². The summed E-state index contributed by atoms with van der Waals surface area (Å²) in [6.07, 6.45) is 0.378. The molecule has 0 aliphatic carbocycles. The molecule has 2 atom stereocenters.